The smallest absolute Gasteiger partial charge is 0.269 e. The molecule has 0 radical (unpaired) electrons. The number of carbonyl (C=O) groups is 2. The van der Waals surface area contributed by atoms with Gasteiger partial charge in [0.25, 0.3) is 5.91 Å². The minimum Gasteiger partial charge on any atom is -0.486 e. The van der Waals surface area contributed by atoms with E-state index in [0.29, 0.717) is 36.6 Å². The second kappa shape index (κ2) is 7.14. The van der Waals surface area contributed by atoms with E-state index in [4.69, 9.17) is 15.2 Å². The van der Waals surface area contributed by atoms with Crippen LogP contribution < -0.4 is 15.8 Å². The van der Waals surface area contributed by atoms with E-state index in [-0.39, 0.29) is 18.1 Å². The van der Waals surface area contributed by atoms with Gasteiger partial charge in [0.1, 0.15) is 17.5 Å². The molecule has 8 heteroatoms. The summed E-state index contributed by atoms with van der Waals surface area (Å²) in [5, 5.41) is 2.93. The maximum Gasteiger partial charge on any atom is 0.269 e. The molecule has 2 aromatic rings. The number of H-pyrrole nitrogens is 1. The van der Waals surface area contributed by atoms with E-state index in [1.807, 2.05) is 0 Å². The highest BCUT2D eigenvalue weighted by Gasteiger charge is 2.29. The van der Waals surface area contributed by atoms with Crippen molar-refractivity contribution in [3.63, 3.8) is 0 Å². The lowest BCUT2D eigenvalue weighted by Crippen LogP contribution is -2.51. The van der Waals surface area contributed by atoms with Gasteiger partial charge in [-0.25, -0.2) is 4.98 Å². The molecule has 1 aliphatic heterocycles. The van der Waals surface area contributed by atoms with E-state index < -0.39 is 5.91 Å². The highest BCUT2D eigenvalue weighted by Crippen LogP contribution is 2.19. The number of nitrogens with one attached hydrogen (secondary N) is 2. The Labute approximate surface area is 138 Å². The maximum atomic E-state index is 12.2. The van der Waals surface area contributed by atoms with Crippen LogP contribution in [-0.4, -0.2) is 47.1 Å². The monoisotopic (exact) mass is 330 g/mol. The van der Waals surface area contributed by atoms with E-state index in [0.717, 1.165) is 0 Å². The van der Waals surface area contributed by atoms with Gasteiger partial charge in [0.15, 0.2) is 0 Å². The van der Waals surface area contributed by atoms with Gasteiger partial charge in [0.05, 0.1) is 25.2 Å². The van der Waals surface area contributed by atoms with Gasteiger partial charge in [-0.05, 0) is 30.7 Å². The Hall–Kier alpha value is -2.87. The number of aromatic amines is 1. The van der Waals surface area contributed by atoms with Crippen molar-refractivity contribution in [3.8, 4) is 5.75 Å². The molecule has 1 aromatic carbocycles. The van der Waals surface area contributed by atoms with Crippen molar-refractivity contribution < 1.29 is 19.1 Å². The first-order chi connectivity index (χ1) is 11.6. The first-order valence-corrected chi connectivity index (χ1v) is 7.57. The molecule has 2 atom stereocenters. The van der Waals surface area contributed by atoms with Crippen molar-refractivity contribution in [2.75, 3.05) is 13.2 Å². The number of carbonyl (C=O) groups excluding carboxylic acids is 2. The zero-order valence-electron chi connectivity index (χ0n) is 12.9. The molecule has 2 heterocycles. The normalized spacial score (nSPS) is 20.3. The van der Waals surface area contributed by atoms with Gasteiger partial charge in [-0.1, -0.05) is 0 Å². The van der Waals surface area contributed by atoms with Gasteiger partial charge in [0, 0.05) is 12.2 Å². The van der Waals surface area contributed by atoms with Gasteiger partial charge < -0.3 is 25.5 Å². The summed E-state index contributed by atoms with van der Waals surface area (Å²) in [6.45, 7) is 0.917. The Bertz CT molecular complexity index is 699. The molecule has 0 spiro atoms. The van der Waals surface area contributed by atoms with Crippen LogP contribution in [0.4, 0.5) is 0 Å². The van der Waals surface area contributed by atoms with Crippen LogP contribution in [0.1, 0.15) is 27.3 Å². The molecule has 24 heavy (non-hydrogen) atoms. The van der Waals surface area contributed by atoms with Crippen LogP contribution in [0.25, 0.3) is 0 Å². The zero-order chi connectivity index (χ0) is 16.9. The van der Waals surface area contributed by atoms with Crippen LogP contribution >= 0.6 is 0 Å². The van der Waals surface area contributed by atoms with Crippen LogP contribution in [0.3, 0.4) is 0 Å². The van der Waals surface area contributed by atoms with Crippen LogP contribution in [-0.2, 0) is 4.74 Å². The van der Waals surface area contributed by atoms with E-state index in [2.05, 4.69) is 15.3 Å². The molecule has 0 aliphatic carbocycles. The van der Waals surface area contributed by atoms with Crippen LogP contribution in [0.15, 0.2) is 36.8 Å². The molecule has 4 N–H and O–H groups in total. The minimum absolute atomic E-state index is 0.189. The largest absolute Gasteiger partial charge is 0.486 e. The Morgan fingerprint density at radius 1 is 1.33 bits per heavy atom. The van der Waals surface area contributed by atoms with Crippen molar-refractivity contribution in [1.82, 2.24) is 15.3 Å². The average Bonchev–Trinajstić information content (AvgIpc) is 3.12. The third-order valence-electron chi connectivity index (χ3n) is 3.79. The number of rotatable bonds is 5. The molecule has 0 unspecified atom stereocenters. The number of primary amides is 1. The molecule has 2 amide bonds. The number of ether oxygens (including phenoxy) is 2. The average molecular weight is 330 g/mol. The lowest BCUT2D eigenvalue weighted by molar-refractivity contribution is -0.0135. The molecule has 0 bridgehead atoms. The molecule has 1 aromatic heterocycles. The third-order valence-corrected chi connectivity index (χ3v) is 3.79. The highest BCUT2D eigenvalue weighted by molar-refractivity contribution is 5.93. The molecule has 8 nitrogen and oxygen atoms in total. The number of hydrogen-bond acceptors (Lipinski definition) is 5. The molecule has 3 rings (SSSR count). The van der Waals surface area contributed by atoms with Crippen LogP contribution in [0.5, 0.6) is 5.75 Å². The van der Waals surface area contributed by atoms with E-state index in [9.17, 15) is 9.59 Å². The zero-order valence-corrected chi connectivity index (χ0v) is 12.9. The number of aromatic nitrogens is 2. The van der Waals surface area contributed by atoms with Crippen molar-refractivity contribution in [2.24, 2.45) is 5.73 Å². The molecule has 1 saturated heterocycles. The summed E-state index contributed by atoms with van der Waals surface area (Å²) in [5.74, 6) is -0.152. The summed E-state index contributed by atoms with van der Waals surface area (Å²) in [7, 11) is 0. The summed E-state index contributed by atoms with van der Waals surface area (Å²) in [5.41, 5.74) is 6.02. The van der Waals surface area contributed by atoms with Crippen molar-refractivity contribution in [3.05, 3.63) is 48.0 Å². The van der Waals surface area contributed by atoms with Gasteiger partial charge in [-0.15, -0.1) is 0 Å². The predicted octanol–water partition coefficient (Wildman–Crippen LogP) is 0.475. The van der Waals surface area contributed by atoms with Gasteiger partial charge in [0.2, 0.25) is 5.91 Å². The van der Waals surface area contributed by atoms with Gasteiger partial charge in [-0.2, -0.15) is 0 Å². The fraction of sp³-hybridized carbons (Fsp3) is 0.312. The number of imidazole rings is 1. The summed E-state index contributed by atoms with van der Waals surface area (Å²) in [6, 6.07) is 6.34. The Kier molecular flexibility index (Phi) is 4.76. The number of nitrogens with zero attached hydrogens (tertiary/aromatic N) is 1. The molecular formula is C16H18N4O4. The fourth-order valence-electron chi connectivity index (χ4n) is 2.49. The van der Waals surface area contributed by atoms with E-state index in [1.54, 1.807) is 24.3 Å². The third kappa shape index (κ3) is 3.72. The second-order valence-electron chi connectivity index (χ2n) is 5.45. The first kappa shape index (κ1) is 16.0. The standard InChI is InChI=1S/C16H18N4O4/c17-15(21)10-1-3-11(4-2-10)24-14-8-23-6-5-12(14)20-16(22)13-7-18-9-19-13/h1-4,7,9,12,14H,5-6,8H2,(H2,17,21)(H,18,19)(H,20,22)/t12-,14-/m1/s1. The summed E-state index contributed by atoms with van der Waals surface area (Å²) in [6.07, 6.45) is 3.23. The molecule has 1 aliphatic rings. The second-order valence-corrected chi connectivity index (χ2v) is 5.45. The molecule has 1 fully saturated rings. The van der Waals surface area contributed by atoms with Crippen molar-refractivity contribution >= 4 is 11.8 Å². The van der Waals surface area contributed by atoms with E-state index >= 15 is 0 Å². The van der Waals surface area contributed by atoms with Crippen molar-refractivity contribution in [1.29, 1.82) is 0 Å². The highest BCUT2D eigenvalue weighted by atomic mass is 16.5. The number of hydrogen-bond donors (Lipinski definition) is 3. The van der Waals surface area contributed by atoms with Gasteiger partial charge in [-0.3, -0.25) is 9.59 Å². The van der Waals surface area contributed by atoms with Crippen molar-refractivity contribution in [2.45, 2.75) is 18.6 Å². The number of nitrogens with two attached hydrogens (primary N) is 1. The summed E-state index contributed by atoms with van der Waals surface area (Å²) < 4.78 is 11.4. The minimum atomic E-state index is -0.493. The molecular weight excluding hydrogens is 312 g/mol. The Morgan fingerprint density at radius 2 is 2.12 bits per heavy atom. The summed E-state index contributed by atoms with van der Waals surface area (Å²) in [4.78, 5) is 29.9. The SMILES string of the molecule is NC(=O)c1ccc(O[C@@H]2COCC[C@H]2NC(=O)c2cnc[nH]2)cc1. The van der Waals surface area contributed by atoms with Gasteiger partial charge >= 0.3 is 0 Å². The maximum absolute atomic E-state index is 12.2. The molecule has 0 saturated carbocycles. The lowest BCUT2D eigenvalue weighted by Gasteiger charge is -2.32. The molecule has 126 valence electrons. The number of benzene rings is 1. The van der Waals surface area contributed by atoms with E-state index in [1.165, 1.54) is 12.5 Å². The summed E-state index contributed by atoms with van der Waals surface area (Å²) >= 11 is 0. The first-order valence-electron chi connectivity index (χ1n) is 7.57. The number of amides is 2. The lowest BCUT2D eigenvalue weighted by atomic mass is 10.1. The topological polar surface area (TPSA) is 119 Å². The quantitative estimate of drug-likeness (QED) is 0.736. The van der Waals surface area contributed by atoms with Crippen LogP contribution in [0.2, 0.25) is 0 Å². The predicted molar refractivity (Wildman–Crippen MR) is 84.7 cm³/mol. The Balaban J connectivity index is 1.65. The fourth-order valence-corrected chi connectivity index (χ4v) is 2.49. The van der Waals surface area contributed by atoms with Crippen LogP contribution in [0, 0.1) is 0 Å². The Morgan fingerprint density at radius 3 is 2.79 bits per heavy atom.